The third kappa shape index (κ3) is 3.25. The normalized spacial score (nSPS) is 19.2. The van der Waals surface area contributed by atoms with Gasteiger partial charge in [-0.3, -0.25) is 24.1 Å². The quantitative estimate of drug-likeness (QED) is 0.801. The molecule has 32 heavy (non-hydrogen) atoms. The summed E-state index contributed by atoms with van der Waals surface area (Å²) in [5, 5.41) is 4.44. The minimum atomic E-state index is -0.574. The molecule has 166 valence electrons. The van der Waals surface area contributed by atoms with Crippen molar-refractivity contribution in [3.8, 4) is 0 Å². The zero-order valence-corrected chi connectivity index (χ0v) is 18.4. The van der Waals surface area contributed by atoms with E-state index in [1.165, 1.54) is 0 Å². The number of rotatable bonds is 3. The summed E-state index contributed by atoms with van der Waals surface area (Å²) >= 11 is 0. The number of benzene rings is 1. The van der Waals surface area contributed by atoms with Crippen LogP contribution < -0.4 is 5.73 Å². The second-order valence-electron chi connectivity index (χ2n) is 9.53. The molecular weight excluding hydrogens is 406 g/mol. The molecule has 1 aromatic carbocycles. The van der Waals surface area contributed by atoms with Crippen LogP contribution in [0.15, 0.2) is 29.4 Å². The smallest absolute Gasteiger partial charge is 0.267 e. The molecule has 5 rings (SSSR count). The minimum absolute atomic E-state index is 0.0613. The minimum Gasteiger partial charge on any atom is -0.364 e. The monoisotopic (exact) mass is 433 g/mol. The van der Waals surface area contributed by atoms with Crippen molar-refractivity contribution in [2.75, 3.05) is 13.1 Å². The molecule has 0 unspecified atom stereocenters. The van der Waals surface area contributed by atoms with E-state index in [2.05, 4.69) is 10.1 Å². The maximum atomic E-state index is 13.2. The van der Waals surface area contributed by atoms with Gasteiger partial charge in [-0.25, -0.2) is 0 Å². The van der Waals surface area contributed by atoms with E-state index < -0.39 is 5.91 Å². The lowest BCUT2D eigenvalue weighted by molar-refractivity contribution is -0.111. The van der Waals surface area contributed by atoms with Crippen molar-refractivity contribution in [2.24, 2.45) is 16.1 Å². The summed E-state index contributed by atoms with van der Waals surface area (Å²) in [5.74, 6) is -0.474. The molecule has 1 fully saturated rings. The average molecular weight is 434 g/mol. The molecule has 1 aliphatic carbocycles. The van der Waals surface area contributed by atoms with Crippen molar-refractivity contribution in [1.82, 2.24) is 14.7 Å². The lowest BCUT2D eigenvalue weighted by Gasteiger charge is -2.43. The predicted octanol–water partition coefficient (Wildman–Crippen LogP) is 2.30. The van der Waals surface area contributed by atoms with Gasteiger partial charge in [0.1, 0.15) is 11.4 Å². The Kier molecular flexibility index (Phi) is 4.76. The van der Waals surface area contributed by atoms with Crippen LogP contribution >= 0.6 is 0 Å². The molecule has 1 aromatic heterocycles. The Balaban J connectivity index is 1.31. The van der Waals surface area contributed by atoms with Crippen molar-refractivity contribution >= 4 is 23.3 Å². The van der Waals surface area contributed by atoms with Crippen molar-refractivity contribution in [1.29, 1.82) is 0 Å². The first-order valence-corrected chi connectivity index (χ1v) is 11.1. The van der Waals surface area contributed by atoms with E-state index in [1.54, 1.807) is 12.1 Å². The number of amides is 2. The number of primary amides is 1. The third-order valence-corrected chi connectivity index (χ3v) is 7.09. The van der Waals surface area contributed by atoms with Gasteiger partial charge >= 0.3 is 0 Å². The fraction of sp³-hybridized carbons (Fsp3) is 0.458. The largest absolute Gasteiger partial charge is 0.364 e. The first-order valence-electron chi connectivity index (χ1n) is 11.1. The zero-order valence-electron chi connectivity index (χ0n) is 18.4. The van der Waals surface area contributed by atoms with E-state index in [1.807, 2.05) is 35.7 Å². The number of piperidine rings is 1. The van der Waals surface area contributed by atoms with Crippen molar-refractivity contribution in [3.05, 3.63) is 52.3 Å². The summed E-state index contributed by atoms with van der Waals surface area (Å²) in [5.41, 5.74) is 9.46. The highest BCUT2D eigenvalue weighted by Crippen LogP contribution is 2.44. The maximum absolute atomic E-state index is 13.2. The van der Waals surface area contributed by atoms with Crippen molar-refractivity contribution < 1.29 is 14.4 Å². The molecular formula is C24H27N5O3. The van der Waals surface area contributed by atoms with Crippen LogP contribution in [-0.4, -0.2) is 51.1 Å². The second-order valence-corrected chi connectivity index (χ2v) is 9.53. The number of Topliss-reactive ketones (excluding diaryl/α,β-unsaturated/α-hetero) is 1. The predicted molar refractivity (Wildman–Crippen MR) is 119 cm³/mol. The Morgan fingerprint density at radius 3 is 2.56 bits per heavy atom. The van der Waals surface area contributed by atoms with Gasteiger partial charge in [0, 0.05) is 42.2 Å². The van der Waals surface area contributed by atoms with Gasteiger partial charge in [0.2, 0.25) is 0 Å². The maximum Gasteiger partial charge on any atom is 0.267 e. The van der Waals surface area contributed by atoms with Gasteiger partial charge in [0.15, 0.2) is 5.78 Å². The molecule has 2 aliphatic heterocycles. The molecule has 2 aromatic rings. The van der Waals surface area contributed by atoms with Gasteiger partial charge in [0.05, 0.1) is 12.7 Å². The second kappa shape index (κ2) is 7.39. The molecule has 2 N–H and O–H groups in total. The van der Waals surface area contributed by atoms with E-state index >= 15 is 0 Å². The van der Waals surface area contributed by atoms with E-state index in [-0.39, 0.29) is 28.9 Å². The fourth-order valence-electron chi connectivity index (χ4n) is 5.36. The highest BCUT2D eigenvalue weighted by molar-refractivity contribution is 6.46. The molecule has 2 amide bonds. The van der Waals surface area contributed by atoms with E-state index in [9.17, 15) is 14.4 Å². The van der Waals surface area contributed by atoms with Crippen molar-refractivity contribution in [2.45, 2.75) is 52.1 Å². The van der Waals surface area contributed by atoms with Crippen LogP contribution in [0.2, 0.25) is 0 Å². The first-order chi connectivity index (χ1) is 15.3. The number of hydrogen-bond acceptors (Lipinski definition) is 5. The Morgan fingerprint density at radius 2 is 1.88 bits per heavy atom. The van der Waals surface area contributed by atoms with Crippen LogP contribution in [0.4, 0.5) is 0 Å². The lowest BCUT2D eigenvalue weighted by atomic mass is 9.67. The van der Waals surface area contributed by atoms with E-state index in [4.69, 9.17) is 5.73 Å². The number of aliphatic imine (C=N–C) groups is 1. The SMILES string of the molecule is CC(C)n1ncc2c1C(=O)CC1(CCN(C(=O)c3ccc4c(c3)C(C(N)=O)=NC4)CC1)C2. The number of hydrogen-bond donors (Lipinski definition) is 1. The summed E-state index contributed by atoms with van der Waals surface area (Å²) in [4.78, 5) is 43.8. The average Bonchev–Trinajstić information content (AvgIpc) is 3.37. The van der Waals surface area contributed by atoms with Gasteiger partial charge in [0.25, 0.3) is 11.8 Å². The number of fused-ring (bicyclic) bond motifs is 2. The number of carbonyl (C=O) groups is 3. The molecule has 0 atom stereocenters. The molecule has 1 spiro atoms. The molecule has 8 nitrogen and oxygen atoms in total. The summed E-state index contributed by atoms with van der Waals surface area (Å²) in [6.07, 6.45) is 4.76. The van der Waals surface area contributed by atoms with Crippen LogP contribution in [0.3, 0.4) is 0 Å². The standard InChI is InChI=1S/C24H27N5O3/c1-14(2)29-21-17(13-27-29)10-24(11-19(21)30)5-7-28(8-6-24)23(32)15-3-4-16-12-26-20(22(25)31)18(16)9-15/h3-4,9,13-14H,5-8,10-12H2,1-2H3,(H2,25,31). The lowest BCUT2D eigenvalue weighted by Crippen LogP contribution is -2.46. The van der Waals surface area contributed by atoms with Crippen LogP contribution in [0.5, 0.6) is 0 Å². The topological polar surface area (TPSA) is 111 Å². The summed E-state index contributed by atoms with van der Waals surface area (Å²) in [6, 6.07) is 5.53. The molecule has 1 saturated heterocycles. The molecule has 0 bridgehead atoms. The molecule has 3 heterocycles. The highest BCUT2D eigenvalue weighted by Gasteiger charge is 2.43. The number of ketones is 1. The van der Waals surface area contributed by atoms with Gasteiger partial charge in [-0.05, 0) is 56.2 Å². The zero-order chi connectivity index (χ0) is 22.6. The molecule has 0 saturated carbocycles. The van der Waals surface area contributed by atoms with Crippen LogP contribution in [0, 0.1) is 5.41 Å². The van der Waals surface area contributed by atoms with Gasteiger partial charge in [-0.1, -0.05) is 6.07 Å². The number of carbonyl (C=O) groups excluding carboxylic acids is 3. The Hall–Kier alpha value is -3.29. The molecule has 8 heteroatoms. The highest BCUT2D eigenvalue weighted by atomic mass is 16.2. The Labute approximate surface area is 186 Å². The molecule has 3 aliphatic rings. The summed E-state index contributed by atoms with van der Waals surface area (Å²) in [7, 11) is 0. The first kappa shape index (κ1) is 20.6. The Morgan fingerprint density at radius 1 is 1.12 bits per heavy atom. The number of aromatic nitrogens is 2. The summed E-state index contributed by atoms with van der Waals surface area (Å²) < 4.78 is 1.83. The van der Waals surface area contributed by atoms with E-state index in [0.717, 1.165) is 36.1 Å². The number of nitrogens with zero attached hydrogens (tertiary/aromatic N) is 4. The van der Waals surface area contributed by atoms with Gasteiger partial charge in [-0.15, -0.1) is 0 Å². The molecule has 0 radical (unpaired) electrons. The van der Waals surface area contributed by atoms with Gasteiger partial charge in [-0.2, -0.15) is 5.10 Å². The number of likely N-dealkylation sites (tertiary alicyclic amines) is 1. The van der Waals surface area contributed by atoms with Crippen molar-refractivity contribution in [3.63, 3.8) is 0 Å². The van der Waals surface area contributed by atoms with Crippen LogP contribution in [0.1, 0.15) is 76.7 Å². The van der Waals surface area contributed by atoms with E-state index in [0.29, 0.717) is 37.2 Å². The number of nitrogens with two attached hydrogens (primary N) is 1. The van der Waals surface area contributed by atoms with Crippen LogP contribution in [0.25, 0.3) is 0 Å². The Bertz CT molecular complexity index is 1170. The van der Waals surface area contributed by atoms with Crippen LogP contribution in [-0.2, 0) is 17.8 Å². The van der Waals surface area contributed by atoms with Gasteiger partial charge < -0.3 is 10.6 Å². The summed E-state index contributed by atoms with van der Waals surface area (Å²) in [6.45, 7) is 5.69. The third-order valence-electron chi connectivity index (χ3n) is 7.09. The fourth-order valence-corrected chi connectivity index (χ4v) is 5.36.